The Balaban J connectivity index is 1.41. The highest BCUT2D eigenvalue weighted by Gasteiger charge is 2.47. The van der Waals surface area contributed by atoms with Crippen molar-refractivity contribution in [1.82, 2.24) is 5.32 Å². The first-order valence-electron chi connectivity index (χ1n) is 15.4. The van der Waals surface area contributed by atoms with Crippen LogP contribution in [0.5, 0.6) is 5.75 Å². The van der Waals surface area contributed by atoms with E-state index < -0.39 is 11.0 Å². The molecule has 0 aromatic heterocycles. The molecule has 0 saturated heterocycles. The average molecular weight is 620 g/mol. The fourth-order valence-electron chi connectivity index (χ4n) is 6.53. The molecular weight excluding hydrogens is 578 g/mol. The Morgan fingerprint density at radius 2 is 1.52 bits per heavy atom. The largest absolute Gasteiger partial charge is 0.484 e. The van der Waals surface area contributed by atoms with Crippen molar-refractivity contribution in [3.63, 3.8) is 0 Å². The van der Waals surface area contributed by atoms with Crippen LogP contribution in [0.2, 0.25) is 0 Å². The summed E-state index contributed by atoms with van der Waals surface area (Å²) < 4.78 is 10.7. The van der Waals surface area contributed by atoms with Crippen LogP contribution in [-0.4, -0.2) is 50.1 Å². The summed E-state index contributed by atoms with van der Waals surface area (Å²) in [4.78, 5) is 40.2. The van der Waals surface area contributed by atoms with Crippen LogP contribution in [0.15, 0.2) is 97.1 Å². The average Bonchev–Trinajstić information content (AvgIpc) is 3.04. The first-order valence-corrected chi connectivity index (χ1v) is 15.4. The minimum absolute atomic E-state index is 0.0453. The van der Waals surface area contributed by atoms with E-state index in [1.54, 1.807) is 14.0 Å². The molecule has 5 rings (SSSR count). The third-order valence-electron chi connectivity index (χ3n) is 8.54. The number of hydrogen-bond acceptors (Lipinski definition) is 5. The molecule has 2 N–H and O–H groups in total. The van der Waals surface area contributed by atoms with Gasteiger partial charge in [0.2, 0.25) is 5.91 Å². The molecule has 0 fully saturated rings. The number of carbonyl (C=O) groups excluding carboxylic acids is 3. The summed E-state index contributed by atoms with van der Waals surface area (Å²) in [6.45, 7) is 8.66. The van der Waals surface area contributed by atoms with E-state index in [1.165, 1.54) is 0 Å². The summed E-state index contributed by atoms with van der Waals surface area (Å²) in [6.07, 6.45) is 0.646. The lowest BCUT2D eigenvalue weighted by molar-refractivity contribution is -0.123. The Morgan fingerprint density at radius 3 is 2.17 bits per heavy atom. The molecule has 1 aliphatic rings. The summed E-state index contributed by atoms with van der Waals surface area (Å²) in [6, 6.07) is 31.0. The highest BCUT2D eigenvalue weighted by Crippen LogP contribution is 2.51. The molecule has 8 heteroatoms. The maximum absolute atomic E-state index is 13.3. The van der Waals surface area contributed by atoms with E-state index in [4.69, 9.17) is 9.47 Å². The molecule has 1 heterocycles. The molecule has 0 spiro atoms. The first kappa shape index (κ1) is 32.4. The number of benzene rings is 4. The van der Waals surface area contributed by atoms with Crippen LogP contribution >= 0.6 is 0 Å². The van der Waals surface area contributed by atoms with Gasteiger partial charge in [0, 0.05) is 48.5 Å². The Hall–Kier alpha value is -4.95. The lowest BCUT2D eigenvalue weighted by Gasteiger charge is -2.51. The van der Waals surface area contributed by atoms with E-state index >= 15 is 0 Å². The monoisotopic (exact) mass is 619 g/mol. The van der Waals surface area contributed by atoms with Gasteiger partial charge in [-0.15, -0.1) is 0 Å². The summed E-state index contributed by atoms with van der Waals surface area (Å²) >= 11 is 0. The molecule has 4 aromatic carbocycles. The van der Waals surface area contributed by atoms with E-state index in [9.17, 15) is 14.4 Å². The molecule has 0 saturated carbocycles. The highest BCUT2D eigenvalue weighted by molar-refractivity contribution is 6.05. The number of amides is 3. The Kier molecular flexibility index (Phi) is 9.58. The predicted molar refractivity (Wildman–Crippen MR) is 181 cm³/mol. The van der Waals surface area contributed by atoms with Crippen molar-refractivity contribution in [1.29, 1.82) is 0 Å². The fraction of sp³-hybridized carbons (Fsp3) is 0.289. The van der Waals surface area contributed by atoms with Gasteiger partial charge in [0.05, 0.1) is 6.61 Å². The Labute approximate surface area is 270 Å². The number of rotatable bonds is 10. The van der Waals surface area contributed by atoms with Crippen LogP contribution in [0.1, 0.15) is 55.6 Å². The molecule has 1 aliphatic heterocycles. The molecule has 4 aromatic rings. The molecule has 0 radical (unpaired) electrons. The van der Waals surface area contributed by atoms with Gasteiger partial charge in [-0.3, -0.25) is 14.4 Å². The third-order valence-corrected chi connectivity index (χ3v) is 8.54. The van der Waals surface area contributed by atoms with Crippen LogP contribution in [0, 0.1) is 0 Å². The van der Waals surface area contributed by atoms with E-state index in [1.807, 2.05) is 102 Å². The summed E-state index contributed by atoms with van der Waals surface area (Å²) in [5.74, 6) is 0.0981. The number of ether oxygens (including phenoxy) is 2. The standard InChI is InChI=1S/C38H41N3O5/c1-26(42)41-34-20-17-31(40-36(44)29-13-11-28(12-14-29)27-9-7-6-8-10-27)23-33(34)38(4,25-37(41,2)3)30-15-18-32(19-16-30)46-24-35(43)39-21-22-45-5/h6-20,23H,21-22,24-25H2,1-5H3,(H,39,43)(H,40,44). The van der Waals surface area contributed by atoms with Crippen LogP contribution in [0.3, 0.4) is 0 Å². The molecule has 8 nitrogen and oxygen atoms in total. The first-order chi connectivity index (χ1) is 22.0. The Bertz CT molecular complexity index is 1700. The molecule has 46 heavy (non-hydrogen) atoms. The van der Waals surface area contributed by atoms with Crippen molar-refractivity contribution in [2.75, 3.05) is 37.1 Å². The van der Waals surface area contributed by atoms with Gasteiger partial charge in [-0.05, 0) is 85.0 Å². The number of hydrogen-bond donors (Lipinski definition) is 2. The van der Waals surface area contributed by atoms with Gasteiger partial charge in [0.15, 0.2) is 6.61 Å². The number of nitrogens with one attached hydrogen (secondary N) is 2. The lowest BCUT2D eigenvalue weighted by Crippen LogP contribution is -2.55. The van der Waals surface area contributed by atoms with Crippen molar-refractivity contribution in [2.45, 2.75) is 45.1 Å². The number of methoxy groups -OCH3 is 1. The summed E-state index contributed by atoms with van der Waals surface area (Å²) in [7, 11) is 1.58. The van der Waals surface area contributed by atoms with Gasteiger partial charge in [-0.25, -0.2) is 0 Å². The second-order valence-corrected chi connectivity index (χ2v) is 12.5. The van der Waals surface area contributed by atoms with Crippen molar-refractivity contribution < 1.29 is 23.9 Å². The predicted octanol–water partition coefficient (Wildman–Crippen LogP) is 6.59. The third kappa shape index (κ3) is 6.97. The van der Waals surface area contributed by atoms with E-state index in [2.05, 4.69) is 31.4 Å². The smallest absolute Gasteiger partial charge is 0.258 e. The maximum Gasteiger partial charge on any atom is 0.258 e. The highest BCUT2D eigenvalue weighted by atomic mass is 16.5. The van der Waals surface area contributed by atoms with Gasteiger partial charge in [-0.2, -0.15) is 0 Å². The zero-order chi connectivity index (χ0) is 32.9. The van der Waals surface area contributed by atoms with Crippen LogP contribution in [0.25, 0.3) is 11.1 Å². The van der Waals surface area contributed by atoms with Crippen LogP contribution < -0.4 is 20.3 Å². The van der Waals surface area contributed by atoms with Gasteiger partial charge in [0.25, 0.3) is 11.8 Å². The number of carbonyl (C=O) groups is 3. The zero-order valence-electron chi connectivity index (χ0n) is 27.1. The Morgan fingerprint density at radius 1 is 0.848 bits per heavy atom. The number of anilines is 2. The molecule has 0 bridgehead atoms. The van der Waals surface area contributed by atoms with Crippen molar-refractivity contribution in [2.24, 2.45) is 0 Å². The van der Waals surface area contributed by atoms with E-state index in [0.717, 1.165) is 27.9 Å². The van der Waals surface area contributed by atoms with Crippen molar-refractivity contribution >= 4 is 29.1 Å². The molecule has 3 amide bonds. The molecule has 1 atom stereocenters. The van der Waals surface area contributed by atoms with Crippen LogP contribution in [0.4, 0.5) is 11.4 Å². The second kappa shape index (κ2) is 13.6. The number of fused-ring (bicyclic) bond motifs is 1. The number of nitrogens with zero attached hydrogens (tertiary/aromatic N) is 1. The van der Waals surface area contributed by atoms with Gasteiger partial charge in [-0.1, -0.05) is 61.5 Å². The second-order valence-electron chi connectivity index (χ2n) is 12.5. The minimum Gasteiger partial charge on any atom is -0.484 e. The summed E-state index contributed by atoms with van der Waals surface area (Å²) in [5, 5.41) is 5.81. The topological polar surface area (TPSA) is 97.0 Å². The zero-order valence-corrected chi connectivity index (χ0v) is 27.1. The van der Waals surface area contributed by atoms with E-state index in [-0.39, 0.29) is 24.3 Å². The quantitative estimate of drug-likeness (QED) is 0.195. The van der Waals surface area contributed by atoms with Crippen molar-refractivity contribution in [3.8, 4) is 16.9 Å². The van der Waals surface area contributed by atoms with Gasteiger partial charge < -0.3 is 25.0 Å². The SMILES string of the molecule is COCCNC(=O)COc1ccc(C2(C)CC(C)(C)N(C(C)=O)c3ccc(NC(=O)c4ccc(-c5ccccc5)cc4)cc32)cc1. The molecule has 238 valence electrons. The van der Waals surface area contributed by atoms with Crippen molar-refractivity contribution in [3.05, 3.63) is 114 Å². The maximum atomic E-state index is 13.3. The van der Waals surface area contributed by atoms with E-state index in [0.29, 0.717) is 36.6 Å². The fourth-order valence-corrected chi connectivity index (χ4v) is 6.53. The lowest BCUT2D eigenvalue weighted by atomic mass is 9.65. The van der Waals surface area contributed by atoms with Crippen LogP contribution in [-0.2, 0) is 19.7 Å². The molecule has 0 aliphatic carbocycles. The molecular formula is C38H41N3O5. The van der Waals surface area contributed by atoms with Gasteiger partial charge >= 0.3 is 0 Å². The summed E-state index contributed by atoms with van der Waals surface area (Å²) in [5.41, 5.74) is 5.11. The normalized spacial score (nSPS) is 16.7. The molecule has 1 unspecified atom stereocenters. The van der Waals surface area contributed by atoms with Gasteiger partial charge in [0.1, 0.15) is 5.75 Å². The minimum atomic E-state index is -0.501.